The predicted octanol–water partition coefficient (Wildman–Crippen LogP) is 3.52. The van der Waals surface area contributed by atoms with Gasteiger partial charge in [-0.2, -0.15) is 0 Å². The highest BCUT2D eigenvalue weighted by Gasteiger charge is 2.18. The standard InChI is InChI=1S/C17H25NO2/c1-13-4-2-5-15(10-13)18-12-14-6-7-16-17(11-14)20-9-3-8-19-16/h6-7,11,13,15,18H,2-5,8-10,12H2,1H3. The first-order valence-electron chi connectivity index (χ1n) is 7.93. The molecule has 3 heteroatoms. The van der Waals surface area contributed by atoms with Crippen LogP contribution >= 0.6 is 0 Å². The van der Waals surface area contributed by atoms with Crippen molar-refractivity contribution >= 4 is 0 Å². The van der Waals surface area contributed by atoms with E-state index in [0.29, 0.717) is 6.04 Å². The van der Waals surface area contributed by atoms with Gasteiger partial charge in [-0.25, -0.2) is 0 Å². The maximum Gasteiger partial charge on any atom is 0.161 e. The first kappa shape index (κ1) is 13.7. The lowest BCUT2D eigenvalue weighted by atomic mass is 9.87. The molecule has 110 valence electrons. The fraction of sp³-hybridized carbons (Fsp3) is 0.647. The first-order chi connectivity index (χ1) is 9.81. The van der Waals surface area contributed by atoms with E-state index >= 15 is 0 Å². The lowest BCUT2D eigenvalue weighted by Gasteiger charge is -2.27. The van der Waals surface area contributed by atoms with Gasteiger partial charge in [0.25, 0.3) is 0 Å². The van der Waals surface area contributed by atoms with E-state index in [-0.39, 0.29) is 0 Å². The minimum Gasteiger partial charge on any atom is -0.490 e. The fourth-order valence-electron chi connectivity index (χ4n) is 3.20. The average Bonchev–Trinajstić information content (AvgIpc) is 2.70. The molecule has 0 radical (unpaired) electrons. The van der Waals surface area contributed by atoms with Crippen molar-refractivity contribution < 1.29 is 9.47 Å². The van der Waals surface area contributed by atoms with Gasteiger partial charge < -0.3 is 14.8 Å². The van der Waals surface area contributed by atoms with Gasteiger partial charge in [0, 0.05) is 19.0 Å². The van der Waals surface area contributed by atoms with Gasteiger partial charge in [-0.15, -0.1) is 0 Å². The molecule has 0 aromatic heterocycles. The second-order valence-electron chi connectivity index (χ2n) is 6.18. The second kappa shape index (κ2) is 6.49. The van der Waals surface area contributed by atoms with Gasteiger partial charge in [0.1, 0.15) is 0 Å². The van der Waals surface area contributed by atoms with Crippen molar-refractivity contribution in [2.75, 3.05) is 13.2 Å². The molecule has 1 aliphatic heterocycles. The first-order valence-corrected chi connectivity index (χ1v) is 7.93. The van der Waals surface area contributed by atoms with Gasteiger partial charge in [0.05, 0.1) is 13.2 Å². The largest absolute Gasteiger partial charge is 0.490 e. The molecular formula is C17H25NO2. The molecule has 20 heavy (non-hydrogen) atoms. The van der Waals surface area contributed by atoms with Gasteiger partial charge in [-0.3, -0.25) is 0 Å². The van der Waals surface area contributed by atoms with Gasteiger partial charge in [-0.05, 0) is 36.5 Å². The van der Waals surface area contributed by atoms with E-state index in [2.05, 4.69) is 24.4 Å². The topological polar surface area (TPSA) is 30.5 Å². The molecular weight excluding hydrogens is 250 g/mol. The monoisotopic (exact) mass is 275 g/mol. The van der Waals surface area contributed by atoms with Crippen molar-refractivity contribution in [1.29, 1.82) is 0 Å². The molecule has 2 aliphatic rings. The summed E-state index contributed by atoms with van der Waals surface area (Å²) in [4.78, 5) is 0. The fourth-order valence-corrected chi connectivity index (χ4v) is 3.20. The summed E-state index contributed by atoms with van der Waals surface area (Å²) in [5.41, 5.74) is 1.28. The van der Waals surface area contributed by atoms with Crippen molar-refractivity contribution in [3.63, 3.8) is 0 Å². The third-order valence-corrected chi connectivity index (χ3v) is 4.34. The zero-order valence-corrected chi connectivity index (χ0v) is 12.4. The second-order valence-corrected chi connectivity index (χ2v) is 6.18. The highest BCUT2D eigenvalue weighted by molar-refractivity contribution is 5.43. The molecule has 3 nitrogen and oxygen atoms in total. The summed E-state index contributed by atoms with van der Waals surface area (Å²) >= 11 is 0. The minimum absolute atomic E-state index is 0.676. The highest BCUT2D eigenvalue weighted by atomic mass is 16.5. The van der Waals surface area contributed by atoms with Crippen LogP contribution in [-0.2, 0) is 6.54 Å². The van der Waals surface area contributed by atoms with Gasteiger partial charge in [0.15, 0.2) is 11.5 Å². The van der Waals surface area contributed by atoms with E-state index in [1.165, 1.54) is 31.2 Å². The van der Waals surface area contributed by atoms with E-state index in [9.17, 15) is 0 Å². The molecule has 1 aromatic rings. The van der Waals surface area contributed by atoms with Gasteiger partial charge >= 0.3 is 0 Å². The van der Waals surface area contributed by atoms with Crippen molar-refractivity contribution in [3.8, 4) is 11.5 Å². The molecule has 1 saturated carbocycles. The summed E-state index contributed by atoms with van der Waals surface area (Å²) in [6.07, 6.45) is 6.34. The molecule has 2 unspecified atom stereocenters. The number of hydrogen-bond donors (Lipinski definition) is 1. The van der Waals surface area contributed by atoms with Crippen LogP contribution in [0.5, 0.6) is 11.5 Å². The molecule has 2 atom stereocenters. The molecule has 0 amide bonds. The molecule has 0 spiro atoms. The van der Waals surface area contributed by atoms with Gasteiger partial charge in [0.2, 0.25) is 0 Å². The Bertz CT molecular complexity index is 447. The number of benzene rings is 1. The molecule has 0 bridgehead atoms. The van der Waals surface area contributed by atoms with Crippen LogP contribution < -0.4 is 14.8 Å². The zero-order valence-electron chi connectivity index (χ0n) is 12.4. The third kappa shape index (κ3) is 3.45. The summed E-state index contributed by atoms with van der Waals surface area (Å²) in [6, 6.07) is 6.99. The molecule has 1 aromatic carbocycles. The summed E-state index contributed by atoms with van der Waals surface area (Å²) in [5, 5.41) is 3.69. The summed E-state index contributed by atoms with van der Waals surface area (Å²) in [5.74, 6) is 2.65. The van der Waals surface area contributed by atoms with E-state index in [0.717, 1.165) is 43.6 Å². The molecule has 1 N–H and O–H groups in total. The van der Waals surface area contributed by atoms with Crippen LogP contribution in [0.25, 0.3) is 0 Å². The van der Waals surface area contributed by atoms with Crippen LogP contribution in [0, 0.1) is 5.92 Å². The highest BCUT2D eigenvalue weighted by Crippen LogP contribution is 2.30. The average molecular weight is 275 g/mol. The van der Waals surface area contributed by atoms with E-state index in [4.69, 9.17) is 9.47 Å². The van der Waals surface area contributed by atoms with Crippen molar-refractivity contribution in [2.45, 2.75) is 51.6 Å². The van der Waals surface area contributed by atoms with Crippen LogP contribution in [-0.4, -0.2) is 19.3 Å². The van der Waals surface area contributed by atoms with Crippen LogP contribution in [0.3, 0.4) is 0 Å². The Balaban J connectivity index is 1.59. The van der Waals surface area contributed by atoms with E-state index < -0.39 is 0 Å². The number of hydrogen-bond acceptors (Lipinski definition) is 3. The molecule has 0 saturated heterocycles. The molecule has 1 heterocycles. The maximum absolute atomic E-state index is 5.75. The Kier molecular flexibility index (Phi) is 4.46. The summed E-state index contributed by atoms with van der Waals surface area (Å²) < 4.78 is 11.4. The van der Waals surface area contributed by atoms with Crippen molar-refractivity contribution in [1.82, 2.24) is 5.32 Å². The number of nitrogens with one attached hydrogen (secondary N) is 1. The van der Waals surface area contributed by atoms with Gasteiger partial charge in [-0.1, -0.05) is 25.8 Å². The van der Waals surface area contributed by atoms with Crippen molar-refractivity contribution in [3.05, 3.63) is 23.8 Å². The Labute approximate surface area is 121 Å². The molecule has 1 aliphatic carbocycles. The molecule has 3 rings (SSSR count). The molecule has 1 fully saturated rings. The van der Waals surface area contributed by atoms with E-state index in [1.807, 2.05) is 6.07 Å². The van der Waals surface area contributed by atoms with E-state index in [1.54, 1.807) is 0 Å². The Morgan fingerprint density at radius 1 is 1.10 bits per heavy atom. The Morgan fingerprint density at radius 3 is 2.80 bits per heavy atom. The third-order valence-electron chi connectivity index (χ3n) is 4.34. The van der Waals surface area contributed by atoms with Crippen LogP contribution in [0.2, 0.25) is 0 Å². The number of fused-ring (bicyclic) bond motifs is 1. The minimum atomic E-state index is 0.676. The van der Waals surface area contributed by atoms with Crippen LogP contribution in [0.1, 0.15) is 44.6 Å². The van der Waals surface area contributed by atoms with Crippen molar-refractivity contribution in [2.24, 2.45) is 5.92 Å². The normalized spacial score (nSPS) is 26.1. The summed E-state index contributed by atoms with van der Waals surface area (Å²) in [6.45, 7) is 4.80. The lowest BCUT2D eigenvalue weighted by molar-refractivity contribution is 0.296. The number of ether oxygens (including phenoxy) is 2. The van der Waals surface area contributed by atoms with Crippen LogP contribution in [0.4, 0.5) is 0 Å². The quantitative estimate of drug-likeness (QED) is 0.915. The number of rotatable bonds is 3. The maximum atomic E-state index is 5.75. The Morgan fingerprint density at radius 2 is 1.95 bits per heavy atom. The zero-order chi connectivity index (χ0) is 13.8. The SMILES string of the molecule is CC1CCCC(NCc2ccc3c(c2)OCCCO3)C1. The smallest absolute Gasteiger partial charge is 0.161 e. The summed E-state index contributed by atoms with van der Waals surface area (Å²) in [7, 11) is 0. The predicted molar refractivity (Wildman–Crippen MR) is 80.3 cm³/mol. The lowest BCUT2D eigenvalue weighted by Crippen LogP contribution is -2.33. The Hall–Kier alpha value is -1.22. The van der Waals surface area contributed by atoms with Crippen LogP contribution in [0.15, 0.2) is 18.2 Å².